The molecule has 4 aromatic carbocycles. The molecule has 0 aliphatic carbocycles. The molecule has 6 rings (SSSR count). The number of aryl methyl sites for hydroxylation is 1. The van der Waals surface area contributed by atoms with Crippen molar-refractivity contribution in [2.75, 3.05) is 28.6 Å². The van der Waals surface area contributed by atoms with Crippen LogP contribution in [0.25, 0.3) is 10.9 Å². The molecule has 38 heavy (non-hydrogen) atoms. The standard InChI is InChI=1S/C32H28N4O2/c1-22-18-31(29-21-26(36-16-7-17-36)14-15-30(29)33-22)34-24-9-5-8-23(19-24)32(37)35-25-10-6-13-28(20-25)38-27-11-3-2-4-12-27/h2-6,8-15,18-21H,7,16-17H2,1H3,(H,33,34)(H,35,37). The first-order valence-electron chi connectivity index (χ1n) is 12.8. The highest BCUT2D eigenvalue weighted by Gasteiger charge is 2.16. The Morgan fingerprint density at radius 2 is 1.61 bits per heavy atom. The normalized spacial score (nSPS) is 12.6. The predicted molar refractivity (Wildman–Crippen MR) is 154 cm³/mol. The fourth-order valence-corrected chi connectivity index (χ4v) is 4.58. The van der Waals surface area contributed by atoms with E-state index in [4.69, 9.17) is 9.72 Å². The highest BCUT2D eigenvalue weighted by molar-refractivity contribution is 6.05. The summed E-state index contributed by atoms with van der Waals surface area (Å²) in [5, 5.41) is 7.57. The maximum absolute atomic E-state index is 13.1. The lowest BCUT2D eigenvalue weighted by Crippen LogP contribution is -2.36. The number of aromatic nitrogens is 1. The number of pyridine rings is 1. The lowest BCUT2D eigenvalue weighted by Gasteiger charge is -2.33. The molecule has 0 spiro atoms. The molecular formula is C32H28N4O2. The second-order valence-electron chi connectivity index (χ2n) is 9.46. The summed E-state index contributed by atoms with van der Waals surface area (Å²) in [5.74, 6) is 1.20. The van der Waals surface area contributed by atoms with Gasteiger partial charge in [0.2, 0.25) is 0 Å². The number of hydrogen-bond acceptors (Lipinski definition) is 5. The Balaban J connectivity index is 1.21. The van der Waals surface area contributed by atoms with Crippen LogP contribution in [0.5, 0.6) is 11.5 Å². The average molecular weight is 501 g/mol. The smallest absolute Gasteiger partial charge is 0.255 e. The van der Waals surface area contributed by atoms with Crippen LogP contribution in [0.1, 0.15) is 22.5 Å². The van der Waals surface area contributed by atoms with Crippen molar-refractivity contribution in [3.8, 4) is 11.5 Å². The monoisotopic (exact) mass is 500 g/mol. The molecule has 0 radical (unpaired) electrons. The molecule has 5 aromatic rings. The van der Waals surface area contributed by atoms with E-state index < -0.39 is 0 Å². The third-order valence-corrected chi connectivity index (χ3v) is 6.62. The molecule has 1 aromatic heterocycles. The van der Waals surface area contributed by atoms with Crippen LogP contribution < -0.4 is 20.3 Å². The van der Waals surface area contributed by atoms with Gasteiger partial charge in [-0.2, -0.15) is 0 Å². The van der Waals surface area contributed by atoms with Gasteiger partial charge in [-0.15, -0.1) is 0 Å². The van der Waals surface area contributed by atoms with Gasteiger partial charge in [-0.3, -0.25) is 9.78 Å². The van der Waals surface area contributed by atoms with Crippen LogP contribution in [0.15, 0.2) is 103 Å². The zero-order chi connectivity index (χ0) is 25.9. The number of rotatable bonds is 7. The van der Waals surface area contributed by atoms with Crippen molar-refractivity contribution in [3.63, 3.8) is 0 Å². The summed E-state index contributed by atoms with van der Waals surface area (Å²) in [6.45, 7) is 4.17. The molecule has 188 valence electrons. The number of fused-ring (bicyclic) bond motifs is 1. The van der Waals surface area contributed by atoms with Gasteiger partial charge in [-0.05, 0) is 80.1 Å². The largest absolute Gasteiger partial charge is 0.457 e. The Morgan fingerprint density at radius 3 is 2.42 bits per heavy atom. The van der Waals surface area contributed by atoms with E-state index in [2.05, 4.69) is 33.7 Å². The number of ether oxygens (including phenoxy) is 1. The molecule has 1 fully saturated rings. The van der Waals surface area contributed by atoms with Gasteiger partial charge in [-0.25, -0.2) is 0 Å². The molecule has 2 heterocycles. The van der Waals surface area contributed by atoms with Crippen molar-refractivity contribution in [1.29, 1.82) is 0 Å². The second-order valence-corrected chi connectivity index (χ2v) is 9.46. The predicted octanol–water partition coefficient (Wildman–Crippen LogP) is 7.54. The number of amides is 1. The van der Waals surface area contributed by atoms with E-state index in [0.717, 1.165) is 46.8 Å². The number of carbonyl (C=O) groups is 1. The topological polar surface area (TPSA) is 66.5 Å². The van der Waals surface area contributed by atoms with Crippen molar-refractivity contribution in [2.24, 2.45) is 0 Å². The van der Waals surface area contributed by atoms with Crippen LogP contribution in [-0.4, -0.2) is 24.0 Å². The quantitative estimate of drug-likeness (QED) is 0.242. The number of carbonyl (C=O) groups excluding carboxylic acids is 1. The van der Waals surface area contributed by atoms with Gasteiger partial charge >= 0.3 is 0 Å². The summed E-state index contributed by atoms with van der Waals surface area (Å²) < 4.78 is 5.90. The summed E-state index contributed by atoms with van der Waals surface area (Å²) >= 11 is 0. The molecule has 2 N–H and O–H groups in total. The number of hydrogen-bond donors (Lipinski definition) is 2. The minimum atomic E-state index is -0.193. The minimum Gasteiger partial charge on any atom is -0.457 e. The Bertz CT molecular complexity index is 1610. The van der Waals surface area contributed by atoms with Gasteiger partial charge in [0.15, 0.2) is 0 Å². The number of nitrogens with zero attached hydrogens (tertiary/aromatic N) is 2. The van der Waals surface area contributed by atoms with E-state index in [1.165, 1.54) is 12.1 Å². The summed E-state index contributed by atoms with van der Waals surface area (Å²) in [7, 11) is 0. The van der Waals surface area contributed by atoms with Crippen LogP contribution in [0.4, 0.5) is 22.7 Å². The fourth-order valence-electron chi connectivity index (χ4n) is 4.58. The van der Waals surface area contributed by atoms with Crippen molar-refractivity contribution in [1.82, 2.24) is 4.98 Å². The van der Waals surface area contributed by atoms with E-state index >= 15 is 0 Å². The van der Waals surface area contributed by atoms with Gasteiger partial charge in [0, 0.05) is 58.5 Å². The average Bonchev–Trinajstić information content (AvgIpc) is 2.89. The molecular weight excluding hydrogens is 472 g/mol. The number of anilines is 4. The molecule has 0 unspecified atom stereocenters. The van der Waals surface area contributed by atoms with Crippen LogP contribution in [0.2, 0.25) is 0 Å². The van der Waals surface area contributed by atoms with E-state index in [1.54, 1.807) is 0 Å². The molecule has 1 aliphatic heterocycles. The van der Waals surface area contributed by atoms with E-state index in [-0.39, 0.29) is 5.91 Å². The Kier molecular flexibility index (Phi) is 6.36. The first-order valence-corrected chi connectivity index (χ1v) is 12.8. The Hall–Kier alpha value is -4.84. The SMILES string of the molecule is Cc1cc(Nc2cccc(C(=O)Nc3cccc(Oc4ccccc4)c3)c2)c2cc(N3CCC3)ccc2n1. The number of nitrogens with one attached hydrogen (secondary N) is 2. The van der Waals surface area contributed by atoms with Gasteiger partial charge in [0.25, 0.3) is 5.91 Å². The first-order chi connectivity index (χ1) is 18.6. The van der Waals surface area contributed by atoms with Crippen molar-refractivity contribution in [3.05, 3.63) is 114 Å². The van der Waals surface area contributed by atoms with Crippen molar-refractivity contribution in [2.45, 2.75) is 13.3 Å². The lowest BCUT2D eigenvalue weighted by atomic mass is 10.1. The van der Waals surface area contributed by atoms with Crippen LogP contribution in [0, 0.1) is 6.92 Å². The van der Waals surface area contributed by atoms with E-state index in [9.17, 15) is 4.79 Å². The Morgan fingerprint density at radius 1 is 0.816 bits per heavy atom. The minimum absolute atomic E-state index is 0.193. The molecule has 6 nitrogen and oxygen atoms in total. The molecule has 6 heteroatoms. The third-order valence-electron chi connectivity index (χ3n) is 6.62. The maximum Gasteiger partial charge on any atom is 0.255 e. The molecule has 1 saturated heterocycles. The lowest BCUT2D eigenvalue weighted by molar-refractivity contribution is 0.102. The van der Waals surface area contributed by atoms with Crippen molar-refractivity contribution >= 4 is 39.6 Å². The summed E-state index contributed by atoms with van der Waals surface area (Å²) in [4.78, 5) is 20.2. The summed E-state index contributed by atoms with van der Waals surface area (Å²) in [5.41, 5.74) is 6.12. The molecule has 1 aliphatic rings. The molecule has 0 atom stereocenters. The summed E-state index contributed by atoms with van der Waals surface area (Å²) in [6.07, 6.45) is 1.23. The van der Waals surface area contributed by atoms with Gasteiger partial charge in [-0.1, -0.05) is 30.3 Å². The highest BCUT2D eigenvalue weighted by Crippen LogP contribution is 2.32. The highest BCUT2D eigenvalue weighted by atomic mass is 16.5. The van der Waals surface area contributed by atoms with Crippen LogP contribution in [-0.2, 0) is 0 Å². The van der Waals surface area contributed by atoms with E-state index in [0.29, 0.717) is 17.0 Å². The van der Waals surface area contributed by atoms with E-state index in [1.807, 2.05) is 91.9 Å². The van der Waals surface area contributed by atoms with Gasteiger partial charge < -0.3 is 20.3 Å². The van der Waals surface area contributed by atoms with Gasteiger partial charge in [0.1, 0.15) is 11.5 Å². The number of para-hydroxylation sites is 1. The van der Waals surface area contributed by atoms with Crippen molar-refractivity contribution < 1.29 is 9.53 Å². The molecule has 1 amide bonds. The zero-order valence-electron chi connectivity index (χ0n) is 21.1. The fraction of sp³-hybridized carbons (Fsp3) is 0.125. The van der Waals surface area contributed by atoms with Crippen LogP contribution >= 0.6 is 0 Å². The summed E-state index contributed by atoms with van der Waals surface area (Å²) in [6, 6.07) is 32.9. The molecule has 0 saturated carbocycles. The van der Waals surface area contributed by atoms with Crippen LogP contribution in [0.3, 0.4) is 0 Å². The Labute approximate surface area is 221 Å². The number of benzene rings is 4. The first kappa shape index (κ1) is 23.6. The second kappa shape index (κ2) is 10.3. The zero-order valence-corrected chi connectivity index (χ0v) is 21.1. The van der Waals surface area contributed by atoms with Gasteiger partial charge in [0.05, 0.1) is 5.52 Å². The third kappa shape index (κ3) is 5.15. The molecule has 0 bridgehead atoms. The maximum atomic E-state index is 13.1.